The summed E-state index contributed by atoms with van der Waals surface area (Å²) in [6.45, 7) is 3.22. The zero-order valence-corrected chi connectivity index (χ0v) is 12.0. The molecule has 0 bridgehead atoms. The van der Waals surface area contributed by atoms with E-state index in [0.717, 1.165) is 25.1 Å². The summed E-state index contributed by atoms with van der Waals surface area (Å²) in [6.07, 6.45) is 6.34. The van der Waals surface area contributed by atoms with Crippen molar-refractivity contribution < 1.29 is 0 Å². The Morgan fingerprint density at radius 1 is 1.33 bits per heavy atom. The topological polar surface area (TPSA) is 30.9 Å². The van der Waals surface area contributed by atoms with Gasteiger partial charge in [0.2, 0.25) is 0 Å². The standard InChI is InChI=1S/C15H22N2S/c1-3-14(16)11-12-4-5-15-13(10-12)6-7-17(15)8-9-18-2/h4-7,10,14H,3,8-9,11,16H2,1-2H3. The van der Waals surface area contributed by atoms with E-state index in [1.165, 1.54) is 16.5 Å². The molecule has 2 nitrogen and oxygen atoms in total. The van der Waals surface area contributed by atoms with E-state index < -0.39 is 0 Å². The minimum atomic E-state index is 0.279. The van der Waals surface area contributed by atoms with Crippen molar-refractivity contribution in [2.45, 2.75) is 32.4 Å². The van der Waals surface area contributed by atoms with E-state index >= 15 is 0 Å². The molecule has 0 spiro atoms. The van der Waals surface area contributed by atoms with E-state index in [2.05, 4.69) is 48.2 Å². The fourth-order valence-electron chi connectivity index (χ4n) is 2.21. The highest BCUT2D eigenvalue weighted by Gasteiger charge is 2.05. The van der Waals surface area contributed by atoms with Crippen LogP contribution in [0.4, 0.5) is 0 Å². The molecule has 0 fully saturated rings. The van der Waals surface area contributed by atoms with Crippen LogP contribution >= 0.6 is 11.8 Å². The van der Waals surface area contributed by atoms with Crippen LogP contribution in [0.2, 0.25) is 0 Å². The summed E-state index contributed by atoms with van der Waals surface area (Å²) in [4.78, 5) is 0. The third kappa shape index (κ3) is 3.09. The normalized spacial score (nSPS) is 13.1. The summed E-state index contributed by atoms with van der Waals surface area (Å²) in [5.74, 6) is 1.16. The Kier molecular flexibility index (Phi) is 4.72. The number of fused-ring (bicyclic) bond motifs is 1. The minimum Gasteiger partial charge on any atom is -0.347 e. The van der Waals surface area contributed by atoms with E-state index in [1.54, 1.807) is 0 Å². The molecule has 0 radical (unpaired) electrons. The largest absolute Gasteiger partial charge is 0.347 e. The molecule has 0 aliphatic rings. The van der Waals surface area contributed by atoms with Gasteiger partial charge in [0.1, 0.15) is 0 Å². The molecule has 3 heteroatoms. The van der Waals surface area contributed by atoms with Gasteiger partial charge in [0.25, 0.3) is 0 Å². The van der Waals surface area contributed by atoms with Crippen LogP contribution < -0.4 is 5.73 Å². The monoisotopic (exact) mass is 262 g/mol. The average molecular weight is 262 g/mol. The van der Waals surface area contributed by atoms with Gasteiger partial charge in [0, 0.05) is 30.1 Å². The third-order valence-electron chi connectivity index (χ3n) is 3.39. The van der Waals surface area contributed by atoms with Crippen LogP contribution in [-0.4, -0.2) is 22.6 Å². The van der Waals surface area contributed by atoms with Gasteiger partial charge in [-0.25, -0.2) is 0 Å². The number of thioether (sulfide) groups is 1. The Morgan fingerprint density at radius 2 is 2.17 bits per heavy atom. The smallest absolute Gasteiger partial charge is 0.0480 e. The molecule has 1 aromatic carbocycles. The Labute approximate surface area is 114 Å². The molecule has 1 aromatic heterocycles. The van der Waals surface area contributed by atoms with Crippen molar-refractivity contribution in [1.82, 2.24) is 4.57 Å². The second-order valence-electron chi connectivity index (χ2n) is 4.77. The van der Waals surface area contributed by atoms with Crippen molar-refractivity contribution >= 4 is 22.7 Å². The molecule has 1 unspecified atom stereocenters. The predicted molar refractivity (Wildman–Crippen MR) is 82.3 cm³/mol. The first-order valence-corrected chi connectivity index (χ1v) is 7.96. The molecule has 0 saturated heterocycles. The Morgan fingerprint density at radius 3 is 2.89 bits per heavy atom. The maximum absolute atomic E-state index is 6.01. The first-order valence-electron chi connectivity index (χ1n) is 6.57. The fraction of sp³-hybridized carbons (Fsp3) is 0.467. The molecule has 1 heterocycles. The number of hydrogen-bond acceptors (Lipinski definition) is 2. The van der Waals surface area contributed by atoms with Crippen LogP contribution in [-0.2, 0) is 13.0 Å². The van der Waals surface area contributed by atoms with E-state index in [0.29, 0.717) is 0 Å². The van der Waals surface area contributed by atoms with Crippen LogP contribution in [0.25, 0.3) is 10.9 Å². The summed E-state index contributed by atoms with van der Waals surface area (Å²) in [5.41, 5.74) is 8.69. The van der Waals surface area contributed by atoms with Gasteiger partial charge in [0.05, 0.1) is 0 Å². The molecule has 0 amide bonds. The highest BCUT2D eigenvalue weighted by atomic mass is 32.2. The zero-order chi connectivity index (χ0) is 13.0. The lowest BCUT2D eigenvalue weighted by Crippen LogP contribution is -2.21. The van der Waals surface area contributed by atoms with Crippen molar-refractivity contribution in [2.75, 3.05) is 12.0 Å². The first-order chi connectivity index (χ1) is 8.74. The van der Waals surface area contributed by atoms with Gasteiger partial charge in [-0.05, 0) is 48.2 Å². The Hall–Kier alpha value is -0.930. The molecular weight excluding hydrogens is 240 g/mol. The summed E-state index contributed by atoms with van der Waals surface area (Å²) < 4.78 is 2.33. The van der Waals surface area contributed by atoms with Gasteiger partial charge in [-0.2, -0.15) is 11.8 Å². The lowest BCUT2D eigenvalue weighted by molar-refractivity contribution is 0.647. The summed E-state index contributed by atoms with van der Waals surface area (Å²) >= 11 is 1.89. The highest BCUT2D eigenvalue weighted by Crippen LogP contribution is 2.19. The molecular formula is C15H22N2S. The van der Waals surface area contributed by atoms with Gasteiger partial charge in [-0.1, -0.05) is 13.0 Å². The highest BCUT2D eigenvalue weighted by molar-refractivity contribution is 7.98. The van der Waals surface area contributed by atoms with Gasteiger partial charge in [-0.3, -0.25) is 0 Å². The molecule has 18 heavy (non-hydrogen) atoms. The lowest BCUT2D eigenvalue weighted by atomic mass is 10.0. The van der Waals surface area contributed by atoms with Crippen LogP contribution in [0.5, 0.6) is 0 Å². The lowest BCUT2D eigenvalue weighted by Gasteiger charge is -2.09. The van der Waals surface area contributed by atoms with Crippen molar-refractivity contribution in [3.05, 3.63) is 36.0 Å². The molecule has 2 N–H and O–H groups in total. The first kappa shape index (κ1) is 13.5. The number of hydrogen-bond donors (Lipinski definition) is 1. The van der Waals surface area contributed by atoms with E-state index in [-0.39, 0.29) is 6.04 Å². The van der Waals surface area contributed by atoms with E-state index in [1.807, 2.05) is 11.8 Å². The molecule has 0 saturated carbocycles. The van der Waals surface area contributed by atoms with Crippen LogP contribution in [0.3, 0.4) is 0 Å². The quantitative estimate of drug-likeness (QED) is 0.866. The molecule has 1 atom stereocenters. The van der Waals surface area contributed by atoms with Crippen molar-refractivity contribution in [1.29, 1.82) is 0 Å². The maximum Gasteiger partial charge on any atom is 0.0480 e. The Balaban J connectivity index is 2.19. The number of aromatic nitrogens is 1. The van der Waals surface area contributed by atoms with Gasteiger partial charge in [-0.15, -0.1) is 0 Å². The molecule has 0 aliphatic heterocycles. The summed E-state index contributed by atoms with van der Waals surface area (Å²) in [6, 6.07) is 9.21. The summed E-state index contributed by atoms with van der Waals surface area (Å²) in [5, 5.41) is 1.33. The molecule has 98 valence electrons. The van der Waals surface area contributed by atoms with E-state index in [9.17, 15) is 0 Å². The molecule has 0 aliphatic carbocycles. The van der Waals surface area contributed by atoms with Crippen LogP contribution in [0, 0.1) is 0 Å². The Bertz CT molecular complexity index is 504. The fourth-order valence-corrected chi connectivity index (χ4v) is 2.59. The maximum atomic E-state index is 6.01. The third-order valence-corrected chi connectivity index (χ3v) is 3.98. The minimum absolute atomic E-state index is 0.279. The van der Waals surface area contributed by atoms with Gasteiger partial charge < -0.3 is 10.3 Å². The predicted octanol–water partition coefficient (Wildman–Crippen LogP) is 3.28. The summed E-state index contributed by atoms with van der Waals surface area (Å²) in [7, 11) is 0. The van der Waals surface area contributed by atoms with Gasteiger partial charge >= 0.3 is 0 Å². The second kappa shape index (κ2) is 6.30. The molecule has 2 aromatic rings. The van der Waals surface area contributed by atoms with Crippen molar-refractivity contribution in [2.24, 2.45) is 5.73 Å². The average Bonchev–Trinajstić information content (AvgIpc) is 2.78. The number of aryl methyl sites for hydroxylation is 1. The van der Waals surface area contributed by atoms with E-state index in [4.69, 9.17) is 5.73 Å². The number of nitrogens with zero attached hydrogens (tertiary/aromatic N) is 1. The van der Waals surface area contributed by atoms with Crippen molar-refractivity contribution in [3.8, 4) is 0 Å². The van der Waals surface area contributed by atoms with Crippen LogP contribution in [0.15, 0.2) is 30.5 Å². The SMILES string of the molecule is CCC(N)Cc1ccc2c(ccn2CCSC)c1. The number of benzene rings is 1. The van der Waals surface area contributed by atoms with Gasteiger partial charge in [0.15, 0.2) is 0 Å². The van der Waals surface area contributed by atoms with Crippen molar-refractivity contribution in [3.63, 3.8) is 0 Å². The zero-order valence-electron chi connectivity index (χ0n) is 11.2. The van der Waals surface area contributed by atoms with Crippen LogP contribution in [0.1, 0.15) is 18.9 Å². The number of nitrogens with two attached hydrogens (primary N) is 1. The molecule has 2 rings (SSSR count). The second-order valence-corrected chi connectivity index (χ2v) is 5.75. The number of rotatable bonds is 6.